The van der Waals surface area contributed by atoms with Gasteiger partial charge < -0.3 is 14.9 Å². The third-order valence-electron chi connectivity index (χ3n) is 1.96. The molecule has 0 heterocycles. The van der Waals surface area contributed by atoms with E-state index in [0.29, 0.717) is 10.6 Å². The lowest BCUT2D eigenvalue weighted by Gasteiger charge is -2.10. The number of ether oxygens (including phenoxy) is 1. The molecule has 0 aliphatic carbocycles. The highest BCUT2D eigenvalue weighted by atomic mass is 79.9. The van der Waals surface area contributed by atoms with Crippen LogP contribution in [-0.4, -0.2) is 41.8 Å². The zero-order valence-electron chi connectivity index (χ0n) is 9.22. The predicted octanol–water partition coefficient (Wildman–Crippen LogP) is 2.25. The second kappa shape index (κ2) is 7.00. The van der Waals surface area contributed by atoms with E-state index in [0.717, 1.165) is 4.47 Å². The summed E-state index contributed by atoms with van der Waals surface area (Å²) in [5.41, 5.74) is 0.239. The lowest BCUT2D eigenvalue weighted by atomic mass is 10.2. The molecule has 0 saturated carbocycles. The molecule has 1 aromatic carbocycles. The fourth-order valence-corrected chi connectivity index (χ4v) is 2.72. The highest BCUT2D eigenvalue weighted by molar-refractivity contribution is 9.10. The molecule has 0 radical (unpaired) electrons. The first kappa shape index (κ1) is 14.5. The van der Waals surface area contributed by atoms with Crippen LogP contribution in [0.15, 0.2) is 27.6 Å². The molecule has 0 fully saturated rings. The molecule has 1 atom stereocenters. The first-order chi connectivity index (χ1) is 8.04. The Bertz CT molecular complexity index is 397. The minimum atomic E-state index is -0.971. The number of carbonyl (C=O) groups is 1. The SMILES string of the molecule is COCC(O)CSc1cc(Br)ccc1C(=O)O. The summed E-state index contributed by atoms with van der Waals surface area (Å²) in [4.78, 5) is 11.6. The second-order valence-corrected chi connectivity index (χ2v) is 5.34. The Balaban J connectivity index is 2.75. The van der Waals surface area contributed by atoms with Crippen molar-refractivity contribution in [3.05, 3.63) is 28.2 Å². The topological polar surface area (TPSA) is 66.8 Å². The summed E-state index contributed by atoms with van der Waals surface area (Å²) in [6, 6.07) is 4.95. The molecule has 0 saturated heterocycles. The maximum atomic E-state index is 11.0. The smallest absolute Gasteiger partial charge is 0.336 e. The number of methoxy groups -OCH3 is 1. The maximum Gasteiger partial charge on any atom is 0.336 e. The molecule has 0 aliphatic heterocycles. The first-order valence-corrected chi connectivity index (χ1v) is 6.65. The van der Waals surface area contributed by atoms with Crippen molar-refractivity contribution in [2.75, 3.05) is 19.5 Å². The highest BCUT2D eigenvalue weighted by Crippen LogP contribution is 2.27. The van der Waals surface area contributed by atoms with Crippen LogP contribution in [0.5, 0.6) is 0 Å². The molecule has 1 rings (SSSR count). The Morgan fingerprint density at radius 3 is 2.88 bits per heavy atom. The molecule has 17 heavy (non-hydrogen) atoms. The molecular formula is C11H13BrO4S. The molecule has 94 valence electrons. The van der Waals surface area contributed by atoms with E-state index in [1.165, 1.54) is 24.9 Å². The normalized spacial score (nSPS) is 12.4. The number of rotatable bonds is 6. The third-order valence-corrected chi connectivity index (χ3v) is 3.66. The zero-order valence-corrected chi connectivity index (χ0v) is 11.6. The lowest BCUT2D eigenvalue weighted by molar-refractivity contribution is 0.0692. The van der Waals surface area contributed by atoms with E-state index in [9.17, 15) is 9.90 Å². The quantitative estimate of drug-likeness (QED) is 0.787. The van der Waals surface area contributed by atoms with E-state index in [1.807, 2.05) is 0 Å². The third kappa shape index (κ3) is 4.67. The van der Waals surface area contributed by atoms with Crippen LogP contribution >= 0.6 is 27.7 Å². The minimum Gasteiger partial charge on any atom is -0.478 e. The molecule has 0 aliphatic rings. The van der Waals surface area contributed by atoms with Crippen LogP contribution in [0.1, 0.15) is 10.4 Å². The lowest BCUT2D eigenvalue weighted by Crippen LogP contribution is -2.16. The molecular weight excluding hydrogens is 308 g/mol. The summed E-state index contributed by atoms with van der Waals surface area (Å²) in [5.74, 6) is -0.578. The van der Waals surface area contributed by atoms with Crippen LogP contribution < -0.4 is 0 Å². The Morgan fingerprint density at radius 1 is 1.59 bits per heavy atom. The molecule has 0 spiro atoms. The molecule has 1 unspecified atom stereocenters. The Kier molecular flexibility index (Phi) is 5.97. The van der Waals surface area contributed by atoms with Crippen molar-refractivity contribution in [3.8, 4) is 0 Å². The number of carboxylic acids is 1. The number of benzene rings is 1. The van der Waals surface area contributed by atoms with E-state index in [-0.39, 0.29) is 12.2 Å². The maximum absolute atomic E-state index is 11.0. The molecule has 0 aromatic heterocycles. The molecule has 4 nitrogen and oxygen atoms in total. The van der Waals surface area contributed by atoms with Gasteiger partial charge in [-0.2, -0.15) is 0 Å². The summed E-state index contributed by atoms with van der Waals surface area (Å²) < 4.78 is 5.62. The average Bonchev–Trinajstić information content (AvgIpc) is 2.26. The number of aliphatic hydroxyl groups excluding tert-OH is 1. The summed E-state index contributed by atoms with van der Waals surface area (Å²) >= 11 is 4.59. The number of hydrogen-bond donors (Lipinski definition) is 2. The van der Waals surface area contributed by atoms with Gasteiger partial charge in [-0.25, -0.2) is 4.79 Å². The van der Waals surface area contributed by atoms with E-state index < -0.39 is 12.1 Å². The fraction of sp³-hybridized carbons (Fsp3) is 0.364. The molecule has 1 aromatic rings. The van der Waals surface area contributed by atoms with Crippen molar-refractivity contribution in [1.29, 1.82) is 0 Å². The van der Waals surface area contributed by atoms with Gasteiger partial charge in [-0.3, -0.25) is 0 Å². The van der Waals surface area contributed by atoms with E-state index in [1.54, 1.807) is 12.1 Å². The number of hydrogen-bond acceptors (Lipinski definition) is 4. The molecule has 0 amide bonds. The Hall–Kier alpha value is -0.560. The van der Waals surface area contributed by atoms with Gasteiger partial charge >= 0.3 is 5.97 Å². The molecule has 2 N–H and O–H groups in total. The van der Waals surface area contributed by atoms with Gasteiger partial charge in [0.05, 0.1) is 18.3 Å². The van der Waals surface area contributed by atoms with Gasteiger partial charge in [0.25, 0.3) is 0 Å². The summed E-state index contributed by atoms with van der Waals surface area (Å²) in [6.45, 7) is 0.239. The van der Waals surface area contributed by atoms with Crippen LogP contribution in [0.4, 0.5) is 0 Å². The number of aromatic carboxylic acids is 1. The summed E-state index contributed by atoms with van der Waals surface area (Å²) in [6.07, 6.45) is -0.606. The van der Waals surface area contributed by atoms with Crippen LogP contribution in [0.2, 0.25) is 0 Å². The standard InChI is InChI=1S/C11H13BrO4S/c1-16-5-8(13)6-17-10-4-7(12)2-3-9(10)11(14)15/h2-4,8,13H,5-6H2,1H3,(H,14,15). The average molecular weight is 321 g/mol. The van der Waals surface area contributed by atoms with Crippen molar-refractivity contribution >= 4 is 33.7 Å². The zero-order chi connectivity index (χ0) is 12.8. The van der Waals surface area contributed by atoms with Crippen molar-refractivity contribution in [2.24, 2.45) is 0 Å². The van der Waals surface area contributed by atoms with Gasteiger partial charge in [0, 0.05) is 22.2 Å². The molecule has 6 heteroatoms. The van der Waals surface area contributed by atoms with Crippen molar-refractivity contribution in [3.63, 3.8) is 0 Å². The Morgan fingerprint density at radius 2 is 2.29 bits per heavy atom. The van der Waals surface area contributed by atoms with Gasteiger partial charge in [0.15, 0.2) is 0 Å². The van der Waals surface area contributed by atoms with Crippen LogP contribution in [0.3, 0.4) is 0 Å². The number of aliphatic hydroxyl groups is 1. The fourth-order valence-electron chi connectivity index (χ4n) is 1.22. The van der Waals surface area contributed by atoms with Gasteiger partial charge in [0.1, 0.15) is 0 Å². The predicted molar refractivity (Wildman–Crippen MR) is 69.7 cm³/mol. The monoisotopic (exact) mass is 320 g/mol. The summed E-state index contributed by atoms with van der Waals surface area (Å²) in [5, 5.41) is 18.5. The molecule has 0 bridgehead atoms. The van der Waals surface area contributed by atoms with Crippen LogP contribution in [0, 0.1) is 0 Å². The number of carboxylic acid groups (broad SMARTS) is 1. The van der Waals surface area contributed by atoms with E-state index >= 15 is 0 Å². The van der Waals surface area contributed by atoms with Gasteiger partial charge in [-0.15, -0.1) is 11.8 Å². The van der Waals surface area contributed by atoms with Gasteiger partial charge in [-0.1, -0.05) is 15.9 Å². The minimum absolute atomic E-state index is 0.239. The van der Waals surface area contributed by atoms with E-state index in [4.69, 9.17) is 9.84 Å². The second-order valence-electron chi connectivity index (χ2n) is 3.37. The number of halogens is 1. The van der Waals surface area contributed by atoms with Crippen molar-refractivity contribution in [2.45, 2.75) is 11.0 Å². The number of thioether (sulfide) groups is 1. The van der Waals surface area contributed by atoms with Gasteiger partial charge in [-0.05, 0) is 18.2 Å². The van der Waals surface area contributed by atoms with Crippen molar-refractivity contribution in [1.82, 2.24) is 0 Å². The van der Waals surface area contributed by atoms with E-state index in [2.05, 4.69) is 15.9 Å². The first-order valence-electron chi connectivity index (χ1n) is 4.87. The van der Waals surface area contributed by atoms with Crippen LogP contribution in [-0.2, 0) is 4.74 Å². The summed E-state index contributed by atoms with van der Waals surface area (Å²) in [7, 11) is 1.51. The largest absolute Gasteiger partial charge is 0.478 e. The van der Waals surface area contributed by atoms with Gasteiger partial charge in [0.2, 0.25) is 0 Å². The Labute approximate surface area is 112 Å². The van der Waals surface area contributed by atoms with Crippen LogP contribution in [0.25, 0.3) is 0 Å². The highest BCUT2D eigenvalue weighted by Gasteiger charge is 2.12. The van der Waals surface area contributed by atoms with Crippen molar-refractivity contribution < 1.29 is 19.7 Å².